The standard InChI is InChI=1S/C16H21N5O/c1-12(22)19-9-13-4-5-14(20-10-13)15-3-2-8-21(15)11-16-17-6-7-18-16/h4-7,10,15H,2-3,8-9,11H2,1H3,(H,17,18)(H,19,22). The fourth-order valence-electron chi connectivity index (χ4n) is 2.89. The van der Waals surface area contributed by atoms with Crippen LogP contribution in [-0.2, 0) is 17.9 Å². The normalized spacial score (nSPS) is 18.5. The third-order valence-corrected chi connectivity index (χ3v) is 4.00. The molecule has 3 rings (SSSR count). The highest BCUT2D eigenvalue weighted by Crippen LogP contribution is 2.31. The second-order valence-electron chi connectivity index (χ2n) is 5.67. The zero-order chi connectivity index (χ0) is 15.4. The summed E-state index contributed by atoms with van der Waals surface area (Å²) in [7, 11) is 0. The van der Waals surface area contributed by atoms with E-state index < -0.39 is 0 Å². The molecule has 6 heteroatoms. The lowest BCUT2D eigenvalue weighted by atomic mass is 10.1. The molecule has 1 aliphatic heterocycles. The smallest absolute Gasteiger partial charge is 0.217 e. The van der Waals surface area contributed by atoms with Crippen LogP contribution in [0.25, 0.3) is 0 Å². The number of hydrogen-bond acceptors (Lipinski definition) is 4. The number of pyridine rings is 1. The number of carbonyl (C=O) groups is 1. The van der Waals surface area contributed by atoms with Crippen molar-refractivity contribution in [2.24, 2.45) is 0 Å². The first-order valence-electron chi connectivity index (χ1n) is 7.64. The molecule has 1 aliphatic rings. The molecule has 1 saturated heterocycles. The van der Waals surface area contributed by atoms with Gasteiger partial charge in [0, 0.05) is 32.1 Å². The maximum Gasteiger partial charge on any atom is 0.217 e. The lowest BCUT2D eigenvalue weighted by Crippen LogP contribution is -2.24. The average molecular weight is 299 g/mol. The van der Waals surface area contributed by atoms with Gasteiger partial charge in [-0.05, 0) is 31.0 Å². The molecule has 6 nitrogen and oxygen atoms in total. The van der Waals surface area contributed by atoms with E-state index in [9.17, 15) is 4.79 Å². The van der Waals surface area contributed by atoms with Gasteiger partial charge in [0.2, 0.25) is 5.91 Å². The Kier molecular flexibility index (Phi) is 4.48. The summed E-state index contributed by atoms with van der Waals surface area (Å²) in [4.78, 5) is 25.4. The van der Waals surface area contributed by atoms with E-state index in [-0.39, 0.29) is 5.91 Å². The van der Waals surface area contributed by atoms with Gasteiger partial charge in [0.1, 0.15) is 5.82 Å². The predicted octanol–water partition coefficient (Wildman–Crippen LogP) is 1.78. The lowest BCUT2D eigenvalue weighted by molar-refractivity contribution is -0.119. The van der Waals surface area contributed by atoms with Gasteiger partial charge >= 0.3 is 0 Å². The minimum absolute atomic E-state index is 0.0236. The second kappa shape index (κ2) is 6.70. The first-order chi connectivity index (χ1) is 10.7. The van der Waals surface area contributed by atoms with Crippen molar-refractivity contribution in [3.63, 3.8) is 0 Å². The van der Waals surface area contributed by atoms with Gasteiger partial charge in [-0.1, -0.05) is 6.07 Å². The highest BCUT2D eigenvalue weighted by molar-refractivity contribution is 5.72. The summed E-state index contributed by atoms with van der Waals surface area (Å²) in [6.45, 7) is 3.95. The Hall–Kier alpha value is -2.21. The van der Waals surface area contributed by atoms with Crippen molar-refractivity contribution in [2.45, 2.75) is 38.9 Å². The molecule has 0 bridgehead atoms. The number of hydrogen-bond donors (Lipinski definition) is 2. The van der Waals surface area contributed by atoms with E-state index in [4.69, 9.17) is 0 Å². The summed E-state index contributed by atoms with van der Waals surface area (Å²) in [5.41, 5.74) is 2.12. The van der Waals surface area contributed by atoms with Crippen molar-refractivity contribution in [3.05, 3.63) is 47.8 Å². The molecular formula is C16H21N5O. The average Bonchev–Trinajstić information content (AvgIpc) is 3.18. The monoisotopic (exact) mass is 299 g/mol. The molecule has 2 N–H and O–H groups in total. The molecule has 3 heterocycles. The number of nitrogens with one attached hydrogen (secondary N) is 2. The summed E-state index contributed by atoms with van der Waals surface area (Å²) in [5.74, 6) is 0.971. The van der Waals surface area contributed by atoms with E-state index >= 15 is 0 Å². The molecule has 2 aromatic heterocycles. The van der Waals surface area contributed by atoms with E-state index in [2.05, 4.69) is 31.2 Å². The summed E-state index contributed by atoms with van der Waals surface area (Å²) >= 11 is 0. The fraction of sp³-hybridized carbons (Fsp3) is 0.438. The molecule has 2 aromatic rings. The van der Waals surface area contributed by atoms with Crippen LogP contribution >= 0.6 is 0 Å². The van der Waals surface area contributed by atoms with Crippen LogP contribution in [0.15, 0.2) is 30.7 Å². The second-order valence-corrected chi connectivity index (χ2v) is 5.67. The van der Waals surface area contributed by atoms with Gasteiger partial charge in [-0.3, -0.25) is 14.7 Å². The SMILES string of the molecule is CC(=O)NCc1ccc(C2CCCN2Cc2ncc[nH]2)nc1. The predicted molar refractivity (Wildman–Crippen MR) is 82.7 cm³/mol. The van der Waals surface area contributed by atoms with Crippen molar-refractivity contribution in [1.29, 1.82) is 0 Å². The Morgan fingerprint density at radius 1 is 1.45 bits per heavy atom. The molecule has 1 unspecified atom stereocenters. The van der Waals surface area contributed by atoms with Crippen LogP contribution in [0.1, 0.15) is 42.9 Å². The maximum absolute atomic E-state index is 10.9. The van der Waals surface area contributed by atoms with Crippen LogP contribution in [0.5, 0.6) is 0 Å². The zero-order valence-electron chi connectivity index (χ0n) is 12.7. The van der Waals surface area contributed by atoms with Gasteiger partial charge in [-0.2, -0.15) is 0 Å². The summed E-state index contributed by atoms with van der Waals surface area (Å²) < 4.78 is 0. The van der Waals surface area contributed by atoms with Gasteiger partial charge in [0.25, 0.3) is 0 Å². The van der Waals surface area contributed by atoms with E-state index in [1.807, 2.05) is 18.5 Å². The van der Waals surface area contributed by atoms with Gasteiger partial charge < -0.3 is 10.3 Å². The van der Waals surface area contributed by atoms with Crippen LogP contribution in [0.4, 0.5) is 0 Å². The number of amides is 1. The number of likely N-dealkylation sites (tertiary alicyclic amines) is 1. The first kappa shape index (κ1) is 14.7. The molecule has 0 aromatic carbocycles. The molecule has 1 atom stereocenters. The van der Waals surface area contributed by atoms with Gasteiger partial charge in [0.15, 0.2) is 0 Å². The molecule has 22 heavy (non-hydrogen) atoms. The maximum atomic E-state index is 10.9. The Bertz CT molecular complexity index is 608. The van der Waals surface area contributed by atoms with Crippen molar-refractivity contribution in [1.82, 2.24) is 25.2 Å². The number of carbonyl (C=O) groups excluding carboxylic acids is 1. The number of imidazole rings is 1. The lowest BCUT2D eigenvalue weighted by Gasteiger charge is -2.23. The quantitative estimate of drug-likeness (QED) is 0.882. The Labute approximate surface area is 130 Å². The van der Waals surface area contributed by atoms with Crippen LogP contribution in [0.2, 0.25) is 0 Å². The van der Waals surface area contributed by atoms with E-state index in [1.165, 1.54) is 13.3 Å². The molecule has 0 saturated carbocycles. The Morgan fingerprint density at radius 2 is 2.36 bits per heavy atom. The van der Waals surface area contributed by atoms with Crippen LogP contribution in [0, 0.1) is 0 Å². The topological polar surface area (TPSA) is 73.9 Å². The van der Waals surface area contributed by atoms with E-state index in [0.717, 1.165) is 36.6 Å². The molecule has 116 valence electrons. The third kappa shape index (κ3) is 3.51. The summed E-state index contributed by atoms with van der Waals surface area (Å²) in [6.07, 6.45) is 7.80. The van der Waals surface area contributed by atoms with Crippen molar-refractivity contribution >= 4 is 5.91 Å². The molecule has 1 fully saturated rings. The first-order valence-corrected chi connectivity index (χ1v) is 7.64. The molecular weight excluding hydrogens is 278 g/mol. The van der Waals surface area contributed by atoms with Gasteiger partial charge in [-0.15, -0.1) is 0 Å². The van der Waals surface area contributed by atoms with Crippen molar-refractivity contribution in [2.75, 3.05) is 6.54 Å². The number of aromatic nitrogens is 3. The van der Waals surface area contributed by atoms with Crippen LogP contribution < -0.4 is 5.32 Å². The molecule has 0 radical (unpaired) electrons. The molecule has 1 amide bonds. The Morgan fingerprint density at radius 3 is 3.05 bits per heavy atom. The number of nitrogens with zero attached hydrogens (tertiary/aromatic N) is 3. The highest BCUT2D eigenvalue weighted by Gasteiger charge is 2.27. The zero-order valence-corrected chi connectivity index (χ0v) is 12.7. The van der Waals surface area contributed by atoms with Gasteiger partial charge in [-0.25, -0.2) is 4.98 Å². The summed E-state index contributed by atoms with van der Waals surface area (Å²) in [6, 6.07) is 4.46. The number of H-pyrrole nitrogens is 1. The van der Waals surface area contributed by atoms with E-state index in [1.54, 1.807) is 6.20 Å². The van der Waals surface area contributed by atoms with Crippen molar-refractivity contribution < 1.29 is 4.79 Å². The van der Waals surface area contributed by atoms with Crippen LogP contribution in [-0.4, -0.2) is 32.3 Å². The fourth-order valence-corrected chi connectivity index (χ4v) is 2.89. The summed E-state index contributed by atoms with van der Waals surface area (Å²) in [5, 5.41) is 2.79. The minimum Gasteiger partial charge on any atom is -0.352 e. The Balaban J connectivity index is 1.65. The largest absolute Gasteiger partial charge is 0.352 e. The third-order valence-electron chi connectivity index (χ3n) is 4.00. The molecule has 0 spiro atoms. The van der Waals surface area contributed by atoms with Crippen molar-refractivity contribution in [3.8, 4) is 0 Å². The molecule has 0 aliphatic carbocycles. The van der Waals surface area contributed by atoms with Crippen LogP contribution in [0.3, 0.4) is 0 Å². The minimum atomic E-state index is -0.0236. The number of aromatic amines is 1. The van der Waals surface area contributed by atoms with Gasteiger partial charge in [0.05, 0.1) is 18.3 Å². The highest BCUT2D eigenvalue weighted by atomic mass is 16.1. The van der Waals surface area contributed by atoms with E-state index in [0.29, 0.717) is 12.6 Å². The number of rotatable bonds is 5.